The molecule has 0 N–H and O–H groups in total. The van der Waals surface area contributed by atoms with Gasteiger partial charge >= 0.3 is 0 Å². The molecule has 0 aliphatic heterocycles. The van der Waals surface area contributed by atoms with Gasteiger partial charge in [-0.05, 0) is 24.1 Å². The van der Waals surface area contributed by atoms with Crippen molar-refractivity contribution in [1.82, 2.24) is 20.1 Å². The molecule has 21 heavy (non-hydrogen) atoms. The summed E-state index contributed by atoms with van der Waals surface area (Å²) in [6.45, 7) is 2.11. The Labute approximate surface area is 121 Å². The highest BCUT2D eigenvalue weighted by atomic mass is 16.5. The second kappa shape index (κ2) is 5.70. The second-order valence-corrected chi connectivity index (χ2v) is 4.42. The van der Waals surface area contributed by atoms with Crippen molar-refractivity contribution in [3.8, 4) is 28.9 Å². The zero-order chi connectivity index (χ0) is 14.7. The van der Waals surface area contributed by atoms with E-state index in [1.807, 2.05) is 24.3 Å². The molecular weight excluding hydrogens is 268 g/mol. The average molecular weight is 282 g/mol. The number of nitrogens with zero attached hydrogens (tertiary/aromatic N) is 4. The number of aromatic nitrogens is 4. The van der Waals surface area contributed by atoms with Crippen molar-refractivity contribution in [3.63, 3.8) is 0 Å². The van der Waals surface area contributed by atoms with Crippen molar-refractivity contribution in [2.75, 3.05) is 7.11 Å². The number of methoxy groups -OCH3 is 1. The molecule has 3 aromatic rings. The van der Waals surface area contributed by atoms with Crippen LogP contribution in [0.3, 0.4) is 0 Å². The molecule has 0 atom stereocenters. The van der Waals surface area contributed by atoms with E-state index in [0.29, 0.717) is 23.3 Å². The van der Waals surface area contributed by atoms with E-state index >= 15 is 0 Å². The van der Waals surface area contributed by atoms with Crippen LogP contribution >= 0.6 is 0 Å². The number of benzene rings is 1. The molecule has 0 spiro atoms. The fourth-order valence-electron chi connectivity index (χ4n) is 1.90. The lowest BCUT2D eigenvalue weighted by Crippen LogP contribution is -1.91. The third kappa shape index (κ3) is 2.74. The first-order valence-corrected chi connectivity index (χ1v) is 6.59. The first kappa shape index (κ1) is 13.2. The van der Waals surface area contributed by atoms with Gasteiger partial charge in [0.05, 0.1) is 7.11 Å². The summed E-state index contributed by atoms with van der Waals surface area (Å²) in [4.78, 5) is 12.4. The number of hydrogen-bond donors (Lipinski definition) is 0. The minimum absolute atomic E-state index is 0.408. The molecule has 0 saturated carbocycles. The van der Waals surface area contributed by atoms with Gasteiger partial charge in [0.15, 0.2) is 0 Å². The van der Waals surface area contributed by atoms with Crippen LogP contribution in [0, 0.1) is 0 Å². The Morgan fingerprint density at radius 1 is 1.14 bits per heavy atom. The minimum Gasteiger partial charge on any atom is -0.481 e. The SMILES string of the molecule is CCc1ccc(-c2nc(-c3cc(OC)ncn3)no2)cc1. The molecule has 0 fully saturated rings. The third-order valence-electron chi connectivity index (χ3n) is 3.12. The van der Waals surface area contributed by atoms with Crippen molar-refractivity contribution in [2.45, 2.75) is 13.3 Å². The first-order valence-electron chi connectivity index (χ1n) is 6.59. The van der Waals surface area contributed by atoms with E-state index < -0.39 is 0 Å². The zero-order valence-electron chi connectivity index (χ0n) is 11.8. The summed E-state index contributed by atoms with van der Waals surface area (Å²) < 4.78 is 10.3. The molecule has 0 bridgehead atoms. The highest BCUT2D eigenvalue weighted by Crippen LogP contribution is 2.22. The lowest BCUT2D eigenvalue weighted by molar-refractivity contribution is 0.397. The van der Waals surface area contributed by atoms with Gasteiger partial charge in [0.1, 0.15) is 12.0 Å². The molecule has 0 saturated heterocycles. The Hall–Kier alpha value is -2.76. The standard InChI is InChI=1S/C15H14N4O2/c1-3-10-4-6-11(7-5-10)15-18-14(19-21-15)12-8-13(20-2)17-9-16-12/h4-9H,3H2,1-2H3. The van der Waals surface area contributed by atoms with Crippen LogP contribution in [0.2, 0.25) is 0 Å². The molecule has 106 valence electrons. The van der Waals surface area contributed by atoms with E-state index in [1.54, 1.807) is 13.2 Å². The number of rotatable bonds is 4. The van der Waals surface area contributed by atoms with Gasteiger partial charge in [-0.15, -0.1) is 0 Å². The van der Waals surface area contributed by atoms with Gasteiger partial charge in [0.2, 0.25) is 11.7 Å². The second-order valence-electron chi connectivity index (χ2n) is 4.42. The summed E-state index contributed by atoms with van der Waals surface area (Å²) in [6, 6.07) is 9.70. The lowest BCUT2D eigenvalue weighted by atomic mass is 10.1. The number of aryl methyl sites for hydroxylation is 1. The summed E-state index contributed by atoms with van der Waals surface area (Å²) in [6.07, 6.45) is 2.40. The lowest BCUT2D eigenvalue weighted by Gasteiger charge is -1.98. The van der Waals surface area contributed by atoms with Gasteiger partial charge in [-0.1, -0.05) is 24.2 Å². The average Bonchev–Trinajstić information content (AvgIpc) is 3.05. The van der Waals surface area contributed by atoms with Gasteiger partial charge in [-0.2, -0.15) is 4.98 Å². The Balaban J connectivity index is 1.91. The van der Waals surface area contributed by atoms with E-state index in [0.717, 1.165) is 12.0 Å². The Morgan fingerprint density at radius 2 is 1.95 bits per heavy atom. The molecule has 2 heterocycles. The molecular formula is C15H14N4O2. The largest absolute Gasteiger partial charge is 0.481 e. The molecule has 2 aromatic heterocycles. The molecule has 0 amide bonds. The van der Waals surface area contributed by atoms with Crippen molar-refractivity contribution < 1.29 is 9.26 Å². The summed E-state index contributed by atoms with van der Waals surface area (Å²) in [5.74, 6) is 1.33. The molecule has 6 nitrogen and oxygen atoms in total. The zero-order valence-corrected chi connectivity index (χ0v) is 11.8. The van der Waals surface area contributed by atoms with E-state index in [2.05, 4.69) is 27.0 Å². The van der Waals surface area contributed by atoms with Crippen molar-refractivity contribution in [1.29, 1.82) is 0 Å². The molecule has 0 radical (unpaired) electrons. The van der Waals surface area contributed by atoms with E-state index in [9.17, 15) is 0 Å². The smallest absolute Gasteiger partial charge is 0.258 e. The quantitative estimate of drug-likeness (QED) is 0.732. The highest BCUT2D eigenvalue weighted by Gasteiger charge is 2.12. The van der Waals surface area contributed by atoms with Gasteiger partial charge in [0.25, 0.3) is 5.89 Å². The maximum atomic E-state index is 5.29. The molecule has 0 aliphatic rings. The van der Waals surface area contributed by atoms with E-state index in [4.69, 9.17) is 9.26 Å². The highest BCUT2D eigenvalue weighted by molar-refractivity contribution is 5.57. The van der Waals surface area contributed by atoms with Crippen molar-refractivity contribution in [3.05, 3.63) is 42.2 Å². The Bertz CT molecular complexity index is 737. The van der Waals surface area contributed by atoms with Gasteiger partial charge < -0.3 is 9.26 Å². The van der Waals surface area contributed by atoms with E-state index in [1.165, 1.54) is 11.9 Å². The number of ether oxygens (including phenoxy) is 1. The van der Waals surface area contributed by atoms with E-state index in [-0.39, 0.29) is 0 Å². The molecule has 6 heteroatoms. The maximum absolute atomic E-state index is 5.29. The summed E-state index contributed by atoms with van der Waals surface area (Å²) in [5.41, 5.74) is 2.70. The van der Waals surface area contributed by atoms with Crippen LogP contribution in [0.15, 0.2) is 41.2 Å². The summed E-state index contributed by atoms with van der Waals surface area (Å²) in [5, 5.41) is 3.95. The van der Waals surface area contributed by atoms with Crippen LogP contribution < -0.4 is 4.74 Å². The molecule has 3 rings (SSSR count). The van der Waals surface area contributed by atoms with Gasteiger partial charge in [-0.3, -0.25) is 0 Å². The third-order valence-corrected chi connectivity index (χ3v) is 3.12. The predicted octanol–water partition coefficient (Wildman–Crippen LogP) is 2.76. The van der Waals surface area contributed by atoms with Crippen LogP contribution in [0.1, 0.15) is 12.5 Å². The molecule has 1 aromatic carbocycles. The summed E-state index contributed by atoms with van der Waals surface area (Å²) in [7, 11) is 1.54. The minimum atomic E-state index is 0.408. The van der Waals surface area contributed by atoms with Crippen LogP contribution in [-0.4, -0.2) is 27.2 Å². The first-order chi connectivity index (χ1) is 10.3. The van der Waals surface area contributed by atoms with Crippen LogP contribution in [0.25, 0.3) is 23.0 Å². The molecule has 0 aliphatic carbocycles. The maximum Gasteiger partial charge on any atom is 0.258 e. The normalized spacial score (nSPS) is 10.6. The van der Waals surface area contributed by atoms with Gasteiger partial charge in [0, 0.05) is 11.6 Å². The van der Waals surface area contributed by atoms with Crippen LogP contribution in [0.5, 0.6) is 5.88 Å². The Morgan fingerprint density at radius 3 is 2.67 bits per heavy atom. The van der Waals surface area contributed by atoms with Gasteiger partial charge in [-0.25, -0.2) is 9.97 Å². The summed E-state index contributed by atoms with van der Waals surface area (Å²) >= 11 is 0. The fourth-order valence-corrected chi connectivity index (χ4v) is 1.90. The predicted molar refractivity (Wildman–Crippen MR) is 76.7 cm³/mol. The van der Waals surface area contributed by atoms with Crippen LogP contribution in [0.4, 0.5) is 0 Å². The Kier molecular flexibility index (Phi) is 3.59. The van der Waals surface area contributed by atoms with Crippen LogP contribution in [-0.2, 0) is 6.42 Å². The van der Waals surface area contributed by atoms with Crippen molar-refractivity contribution in [2.24, 2.45) is 0 Å². The number of hydrogen-bond acceptors (Lipinski definition) is 6. The topological polar surface area (TPSA) is 73.9 Å². The monoisotopic (exact) mass is 282 g/mol. The van der Waals surface area contributed by atoms with Crippen molar-refractivity contribution >= 4 is 0 Å². The molecule has 0 unspecified atom stereocenters. The fraction of sp³-hybridized carbons (Fsp3) is 0.200.